The Bertz CT molecular complexity index is 296. The molecule has 0 aliphatic carbocycles. The Morgan fingerprint density at radius 1 is 1.42 bits per heavy atom. The summed E-state index contributed by atoms with van der Waals surface area (Å²) in [5, 5.41) is 0. The zero-order valence-corrected chi connectivity index (χ0v) is 7.95. The van der Waals surface area contributed by atoms with E-state index < -0.39 is 0 Å². The highest BCUT2D eigenvalue weighted by molar-refractivity contribution is 4.83. The van der Waals surface area contributed by atoms with Crippen LogP contribution in [-0.4, -0.2) is 9.13 Å². The van der Waals surface area contributed by atoms with E-state index in [2.05, 4.69) is 6.92 Å². The van der Waals surface area contributed by atoms with E-state index in [1.54, 1.807) is 9.13 Å². The van der Waals surface area contributed by atoms with Crippen LogP contribution in [0.2, 0.25) is 0 Å². The lowest BCUT2D eigenvalue weighted by Crippen LogP contribution is -2.25. The Morgan fingerprint density at radius 3 is 2.50 bits per heavy atom. The molecule has 0 saturated carbocycles. The maximum absolute atomic E-state index is 11.5. The smallest absolute Gasteiger partial charge is 0.299 e. The summed E-state index contributed by atoms with van der Waals surface area (Å²) in [6, 6.07) is 0.260. The van der Waals surface area contributed by atoms with Crippen molar-refractivity contribution in [3.8, 4) is 0 Å². The second kappa shape index (κ2) is 3.61. The van der Waals surface area contributed by atoms with E-state index in [-0.39, 0.29) is 11.7 Å². The van der Waals surface area contributed by atoms with Crippen molar-refractivity contribution in [1.82, 2.24) is 9.13 Å². The van der Waals surface area contributed by atoms with Gasteiger partial charge in [0.25, 0.3) is 0 Å². The molecule has 0 aliphatic heterocycles. The van der Waals surface area contributed by atoms with E-state index in [0.29, 0.717) is 0 Å². The molecule has 1 aromatic rings. The quantitative estimate of drug-likeness (QED) is 0.674. The molecule has 0 radical (unpaired) electrons. The molecule has 0 fully saturated rings. The summed E-state index contributed by atoms with van der Waals surface area (Å²) >= 11 is 0. The molecule has 0 spiro atoms. The summed E-state index contributed by atoms with van der Waals surface area (Å²) in [4.78, 5) is 11.5. The maximum atomic E-state index is 11.5. The fraction of sp³-hybridized carbons (Fsp3) is 0.667. The Morgan fingerprint density at radius 2 is 2.08 bits per heavy atom. The lowest BCUT2D eigenvalue weighted by atomic mass is 10.4. The van der Waals surface area contributed by atoms with Gasteiger partial charge in [-0.05, 0) is 20.3 Å². The second-order valence-electron chi connectivity index (χ2n) is 3.28. The first-order chi connectivity index (χ1) is 5.66. The summed E-state index contributed by atoms with van der Waals surface area (Å²) in [5.74, 6) is 0. The molecule has 0 amide bonds. The van der Waals surface area contributed by atoms with E-state index in [0.717, 1.165) is 13.0 Å². The van der Waals surface area contributed by atoms with Crippen LogP contribution in [0.4, 0.5) is 0 Å². The molecular weight excluding hydrogens is 152 g/mol. The first kappa shape index (κ1) is 9.10. The van der Waals surface area contributed by atoms with E-state index in [1.165, 1.54) is 0 Å². The molecule has 0 unspecified atom stereocenters. The van der Waals surface area contributed by atoms with Crippen LogP contribution in [0.25, 0.3) is 0 Å². The van der Waals surface area contributed by atoms with Gasteiger partial charge in [-0.1, -0.05) is 6.92 Å². The first-order valence-electron chi connectivity index (χ1n) is 4.44. The Labute approximate surface area is 72.6 Å². The molecule has 0 aliphatic rings. The zero-order chi connectivity index (χ0) is 9.14. The predicted octanol–water partition coefficient (Wildman–Crippen LogP) is 1.64. The fourth-order valence-corrected chi connectivity index (χ4v) is 1.23. The summed E-state index contributed by atoms with van der Waals surface area (Å²) in [5.41, 5.74) is 0.104. The van der Waals surface area contributed by atoms with Crippen molar-refractivity contribution in [2.75, 3.05) is 0 Å². The Balaban J connectivity index is 2.97. The van der Waals surface area contributed by atoms with Gasteiger partial charge < -0.3 is 0 Å². The maximum Gasteiger partial charge on any atom is 0.328 e. The molecule has 0 N–H and O–H groups in total. The molecule has 3 heteroatoms. The van der Waals surface area contributed by atoms with Crippen LogP contribution in [0.3, 0.4) is 0 Å². The lowest BCUT2D eigenvalue weighted by Gasteiger charge is -2.03. The van der Waals surface area contributed by atoms with Gasteiger partial charge in [-0.2, -0.15) is 0 Å². The molecule has 1 aromatic heterocycles. The fourth-order valence-electron chi connectivity index (χ4n) is 1.23. The third-order valence-corrected chi connectivity index (χ3v) is 1.89. The normalized spacial score (nSPS) is 11.0. The van der Waals surface area contributed by atoms with Crippen LogP contribution in [0.1, 0.15) is 33.2 Å². The first-order valence-corrected chi connectivity index (χ1v) is 4.44. The van der Waals surface area contributed by atoms with Gasteiger partial charge >= 0.3 is 5.69 Å². The van der Waals surface area contributed by atoms with Crippen molar-refractivity contribution in [2.24, 2.45) is 0 Å². The topological polar surface area (TPSA) is 26.9 Å². The van der Waals surface area contributed by atoms with Crippen LogP contribution >= 0.6 is 0 Å². The molecule has 0 bridgehead atoms. The van der Waals surface area contributed by atoms with Crippen LogP contribution in [-0.2, 0) is 6.54 Å². The van der Waals surface area contributed by atoms with Crippen LogP contribution in [0.5, 0.6) is 0 Å². The van der Waals surface area contributed by atoms with Crippen molar-refractivity contribution in [3.05, 3.63) is 22.9 Å². The number of nitrogens with zero attached hydrogens (tertiary/aromatic N) is 2. The van der Waals surface area contributed by atoms with Crippen LogP contribution in [0.15, 0.2) is 17.2 Å². The van der Waals surface area contributed by atoms with Gasteiger partial charge in [-0.3, -0.25) is 9.13 Å². The third kappa shape index (κ3) is 1.60. The minimum atomic E-state index is 0.104. The molecule has 3 nitrogen and oxygen atoms in total. The number of hydrogen-bond acceptors (Lipinski definition) is 1. The number of rotatable bonds is 3. The summed E-state index contributed by atoms with van der Waals surface area (Å²) in [7, 11) is 0. The molecule has 1 heterocycles. The van der Waals surface area contributed by atoms with Crippen molar-refractivity contribution in [1.29, 1.82) is 0 Å². The van der Waals surface area contributed by atoms with E-state index in [4.69, 9.17) is 0 Å². The van der Waals surface area contributed by atoms with Crippen molar-refractivity contribution < 1.29 is 0 Å². The van der Waals surface area contributed by atoms with Gasteiger partial charge in [0, 0.05) is 25.0 Å². The van der Waals surface area contributed by atoms with Gasteiger partial charge in [0.05, 0.1) is 0 Å². The molecule has 0 aromatic carbocycles. The summed E-state index contributed by atoms with van der Waals surface area (Å²) in [6.07, 6.45) is 4.70. The molecular formula is C9H16N2O. The van der Waals surface area contributed by atoms with Gasteiger partial charge in [0.2, 0.25) is 0 Å². The number of aromatic nitrogens is 2. The second-order valence-corrected chi connectivity index (χ2v) is 3.28. The molecule has 68 valence electrons. The summed E-state index contributed by atoms with van der Waals surface area (Å²) in [6.45, 7) is 6.91. The van der Waals surface area contributed by atoms with Crippen LogP contribution < -0.4 is 5.69 Å². The monoisotopic (exact) mass is 168 g/mol. The van der Waals surface area contributed by atoms with E-state index in [1.807, 2.05) is 26.2 Å². The highest BCUT2D eigenvalue weighted by Gasteiger charge is 2.03. The highest BCUT2D eigenvalue weighted by Crippen LogP contribution is 1.99. The number of aryl methyl sites for hydroxylation is 1. The summed E-state index contributed by atoms with van der Waals surface area (Å²) < 4.78 is 3.50. The van der Waals surface area contributed by atoms with E-state index in [9.17, 15) is 4.79 Å². The highest BCUT2D eigenvalue weighted by atomic mass is 16.1. The molecule has 12 heavy (non-hydrogen) atoms. The SMILES string of the molecule is CCCn1ccn(C(C)C)c1=O. The minimum Gasteiger partial charge on any atom is -0.299 e. The zero-order valence-electron chi connectivity index (χ0n) is 7.95. The molecule has 0 atom stereocenters. The largest absolute Gasteiger partial charge is 0.328 e. The lowest BCUT2D eigenvalue weighted by molar-refractivity contribution is 0.548. The van der Waals surface area contributed by atoms with Crippen molar-refractivity contribution in [2.45, 2.75) is 39.8 Å². The third-order valence-electron chi connectivity index (χ3n) is 1.89. The minimum absolute atomic E-state index is 0.104. The van der Waals surface area contributed by atoms with Gasteiger partial charge in [-0.25, -0.2) is 4.79 Å². The Kier molecular flexibility index (Phi) is 2.74. The van der Waals surface area contributed by atoms with Crippen LogP contribution in [0, 0.1) is 0 Å². The molecule has 1 rings (SSSR count). The number of imidazole rings is 1. The van der Waals surface area contributed by atoms with E-state index >= 15 is 0 Å². The van der Waals surface area contributed by atoms with Gasteiger partial charge in [0.15, 0.2) is 0 Å². The number of hydrogen-bond donors (Lipinski definition) is 0. The average Bonchev–Trinajstić information content (AvgIpc) is 2.34. The standard InChI is InChI=1S/C9H16N2O/c1-4-5-10-6-7-11(8(2)3)9(10)12/h6-8H,4-5H2,1-3H3. The Hall–Kier alpha value is -0.990. The average molecular weight is 168 g/mol. The van der Waals surface area contributed by atoms with Crippen molar-refractivity contribution in [3.63, 3.8) is 0 Å². The predicted molar refractivity (Wildman–Crippen MR) is 49.4 cm³/mol. The van der Waals surface area contributed by atoms with Crippen molar-refractivity contribution >= 4 is 0 Å². The molecule has 0 saturated heterocycles. The van der Waals surface area contributed by atoms with Gasteiger partial charge in [-0.15, -0.1) is 0 Å². The van der Waals surface area contributed by atoms with Gasteiger partial charge in [0.1, 0.15) is 0 Å².